The summed E-state index contributed by atoms with van der Waals surface area (Å²) >= 11 is 0. The summed E-state index contributed by atoms with van der Waals surface area (Å²) in [6.45, 7) is 2.18. The maximum absolute atomic E-state index is 12.7. The molecule has 0 aromatic heterocycles. The highest BCUT2D eigenvalue weighted by atomic mass is 16.5. The number of hydrogen-bond donors (Lipinski definition) is 1. The molecule has 0 saturated carbocycles. The zero-order valence-electron chi connectivity index (χ0n) is 12.8. The van der Waals surface area contributed by atoms with Crippen LogP contribution in [0.4, 0.5) is 4.79 Å². The van der Waals surface area contributed by atoms with E-state index in [2.05, 4.69) is 0 Å². The van der Waals surface area contributed by atoms with E-state index in [0.29, 0.717) is 13.0 Å². The van der Waals surface area contributed by atoms with Crippen LogP contribution in [0.15, 0.2) is 0 Å². The van der Waals surface area contributed by atoms with Gasteiger partial charge in [-0.1, -0.05) is 0 Å². The van der Waals surface area contributed by atoms with Crippen LogP contribution in [0.25, 0.3) is 0 Å². The van der Waals surface area contributed by atoms with Gasteiger partial charge in [-0.2, -0.15) is 0 Å². The quantitative estimate of drug-likeness (QED) is 0.861. The summed E-state index contributed by atoms with van der Waals surface area (Å²) in [5.74, 6) is -0.787. The third-order valence-electron chi connectivity index (χ3n) is 4.55. The largest absolute Gasteiger partial charge is 0.481 e. The van der Waals surface area contributed by atoms with Gasteiger partial charge in [-0.3, -0.25) is 4.79 Å². The lowest BCUT2D eigenvalue weighted by Gasteiger charge is -2.41. The van der Waals surface area contributed by atoms with Crippen molar-refractivity contribution >= 4 is 12.0 Å². The summed E-state index contributed by atoms with van der Waals surface area (Å²) in [5.41, 5.74) is 0. The molecule has 6 nitrogen and oxygen atoms in total. The van der Waals surface area contributed by atoms with E-state index in [0.717, 1.165) is 45.2 Å². The molecule has 0 aliphatic carbocycles. The number of amides is 2. The predicted octanol–water partition coefficient (Wildman–Crippen LogP) is 1.94. The van der Waals surface area contributed by atoms with E-state index in [1.165, 1.54) is 0 Å². The van der Waals surface area contributed by atoms with Crippen molar-refractivity contribution in [2.75, 3.05) is 26.7 Å². The predicted molar refractivity (Wildman–Crippen MR) is 78.2 cm³/mol. The van der Waals surface area contributed by atoms with E-state index in [1.54, 1.807) is 7.11 Å². The Bertz CT molecular complexity index is 375. The number of carboxylic acids is 1. The van der Waals surface area contributed by atoms with Gasteiger partial charge in [0.05, 0.1) is 6.10 Å². The SMILES string of the molecule is COC1CCCN(C(=O)N2CCCCC2CCC(=O)O)C1. The number of piperidine rings is 2. The number of likely N-dealkylation sites (tertiary alicyclic amines) is 2. The maximum Gasteiger partial charge on any atom is 0.320 e. The highest BCUT2D eigenvalue weighted by molar-refractivity contribution is 5.75. The van der Waals surface area contributed by atoms with Gasteiger partial charge in [-0.05, 0) is 38.5 Å². The van der Waals surface area contributed by atoms with Crippen LogP contribution in [-0.4, -0.2) is 65.8 Å². The number of hydrogen-bond acceptors (Lipinski definition) is 3. The number of carbonyl (C=O) groups is 2. The standard InChI is InChI=1S/C15H26N2O4/c1-21-13-6-4-9-16(11-13)15(20)17-10-3-2-5-12(17)7-8-14(18)19/h12-13H,2-11H2,1H3,(H,18,19). The molecule has 2 saturated heterocycles. The summed E-state index contributed by atoms with van der Waals surface area (Å²) in [7, 11) is 1.69. The third kappa shape index (κ3) is 4.33. The molecule has 0 radical (unpaired) electrons. The first-order chi connectivity index (χ1) is 10.1. The van der Waals surface area contributed by atoms with Crippen molar-refractivity contribution in [1.82, 2.24) is 9.80 Å². The molecule has 0 aromatic rings. The maximum atomic E-state index is 12.7. The molecule has 1 N–H and O–H groups in total. The molecule has 2 aliphatic heterocycles. The number of ether oxygens (including phenoxy) is 1. The fraction of sp³-hybridized carbons (Fsp3) is 0.867. The van der Waals surface area contributed by atoms with Crippen molar-refractivity contribution in [1.29, 1.82) is 0 Å². The topological polar surface area (TPSA) is 70.1 Å². The monoisotopic (exact) mass is 298 g/mol. The second-order valence-corrected chi connectivity index (χ2v) is 6.00. The molecular weight excluding hydrogens is 272 g/mol. The van der Waals surface area contributed by atoms with Crippen molar-refractivity contribution in [3.05, 3.63) is 0 Å². The molecule has 2 aliphatic rings. The third-order valence-corrected chi connectivity index (χ3v) is 4.55. The minimum absolute atomic E-state index is 0.0619. The molecule has 2 unspecified atom stereocenters. The summed E-state index contributed by atoms with van der Waals surface area (Å²) in [6, 6.07) is 0.136. The Morgan fingerprint density at radius 1 is 1.19 bits per heavy atom. The normalized spacial score (nSPS) is 26.7. The number of aliphatic carboxylic acids is 1. The fourth-order valence-electron chi connectivity index (χ4n) is 3.33. The first kappa shape index (κ1) is 16.1. The Morgan fingerprint density at radius 2 is 2.00 bits per heavy atom. The van der Waals surface area contributed by atoms with Crippen LogP contribution >= 0.6 is 0 Å². The van der Waals surface area contributed by atoms with Crippen molar-refractivity contribution in [2.24, 2.45) is 0 Å². The van der Waals surface area contributed by atoms with Crippen molar-refractivity contribution in [3.63, 3.8) is 0 Å². The van der Waals surface area contributed by atoms with Crippen LogP contribution in [0.2, 0.25) is 0 Å². The Hall–Kier alpha value is -1.30. The van der Waals surface area contributed by atoms with E-state index in [9.17, 15) is 9.59 Å². The van der Waals surface area contributed by atoms with Gasteiger partial charge in [0.15, 0.2) is 0 Å². The van der Waals surface area contributed by atoms with Gasteiger partial charge in [0, 0.05) is 39.2 Å². The lowest BCUT2D eigenvalue weighted by Crippen LogP contribution is -2.53. The second-order valence-electron chi connectivity index (χ2n) is 6.00. The smallest absolute Gasteiger partial charge is 0.320 e. The van der Waals surface area contributed by atoms with E-state index in [4.69, 9.17) is 9.84 Å². The number of urea groups is 1. The molecule has 6 heteroatoms. The van der Waals surface area contributed by atoms with Gasteiger partial charge >= 0.3 is 12.0 Å². The first-order valence-corrected chi connectivity index (χ1v) is 7.92. The number of carbonyl (C=O) groups excluding carboxylic acids is 1. The van der Waals surface area contributed by atoms with E-state index >= 15 is 0 Å². The summed E-state index contributed by atoms with van der Waals surface area (Å²) < 4.78 is 5.37. The van der Waals surface area contributed by atoms with Gasteiger partial charge in [-0.15, -0.1) is 0 Å². The average Bonchev–Trinajstić information content (AvgIpc) is 2.52. The number of carboxylic acid groups (broad SMARTS) is 1. The molecule has 2 fully saturated rings. The highest BCUT2D eigenvalue weighted by Gasteiger charge is 2.32. The number of methoxy groups -OCH3 is 1. The van der Waals surface area contributed by atoms with Gasteiger partial charge < -0.3 is 19.6 Å². The van der Waals surface area contributed by atoms with Crippen LogP contribution in [0, 0.1) is 0 Å². The van der Waals surface area contributed by atoms with Crippen LogP contribution in [0.5, 0.6) is 0 Å². The Kier molecular flexibility index (Phi) is 5.85. The van der Waals surface area contributed by atoms with Crippen molar-refractivity contribution in [2.45, 2.75) is 57.1 Å². The summed E-state index contributed by atoms with van der Waals surface area (Å²) in [5, 5.41) is 8.85. The zero-order chi connectivity index (χ0) is 15.2. The van der Waals surface area contributed by atoms with Gasteiger partial charge in [-0.25, -0.2) is 4.79 Å². The molecule has 2 atom stereocenters. The van der Waals surface area contributed by atoms with Gasteiger partial charge in [0.25, 0.3) is 0 Å². The molecule has 0 spiro atoms. The van der Waals surface area contributed by atoms with Crippen molar-refractivity contribution in [3.8, 4) is 0 Å². The van der Waals surface area contributed by atoms with Crippen LogP contribution in [-0.2, 0) is 9.53 Å². The molecule has 21 heavy (non-hydrogen) atoms. The molecule has 0 aromatic carbocycles. The fourth-order valence-corrected chi connectivity index (χ4v) is 3.33. The van der Waals surface area contributed by atoms with E-state index in [1.807, 2.05) is 9.80 Å². The zero-order valence-corrected chi connectivity index (χ0v) is 12.8. The molecule has 2 rings (SSSR count). The lowest BCUT2D eigenvalue weighted by atomic mass is 9.98. The number of rotatable bonds is 4. The molecular formula is C15H26N2O4. The van der Waals surface area contributed by atoms with Crippen LogP contribution < -0.4 is 0 Å². The number of nitrogens with zero attached hydrogens (tertiary/aromatic N) is 2. The summed E-state index contributed by atoms with van der Waals surface area (Å²) in [6.07, 6.45) is 5.80. The Labute approximate surface area is 126 Å². The van der Waals surface area contributed by atoms with Crippen LogP contribution in [0.1, 0.15) is 44.9 Å². The summed E-state index contributed by atoms with van der Waals surface area (Å²) in [4.78, 5) is 27.3. The van der Waals surface area contributed by atoms with Gasteiger partial charge in [0.2, 0.25) is 0 Å². The minimum Gasteiger partial charge on any atom is -0.481 e. The average molecular weight is 298 g/mol. The van der Waals surface area contributed by atoms with Crippen LogP contribution in [0.3, 0.4) is 0 Å². The van der Waals surface area contributed by atoms with Gasteiger partial charge in [0.1, 0.15) is 0 Å². The molecule has 2 amide bonds. The highest BCUT2D eigenvalue weighted by Crippen LogP contribution is 2.24. The minimum atomic E-state index is -0.787. The lowest BCUT2D eigenvalue weighted by molar-refractivity contribution is -0.137. The molecule has 120 valence electrons. The molecule has 2 heterocycles. The van der Waals surface area contributed by atoms with E-state index < -0.39 is 5.97 Å². The Morgan fingerprint density at radius 3 is 2.71 bits per heavy atom. The van der Waals surface area contributed by atoms with E-state index in [-0.39, 0.29) is 24.6 Å². The second kappa shape index (κ2) is 7.64. The molecule has 0 bridgehead atoms. The Balaban J connectivity index is 1.95. The van der Waals surface area contributed by atoms with Crippen molar-refractivity contribution < 1.29 is 19.4 Å². The first-order valence-electron chi connectivity index (χ1n) is 7.92.